The topological polar surface area (TPSA) is 60.3 Å². The second kappa shape index (κ2) is 6.81. The Bertz CT molecular complexity index is 957. The number of hydrogen-bond donors (Lipinski definition) is 1. The Kier molecular flexibility index (Phi) is 4.57. The predicted octanol–water partition coefficient (Wildman–Crippen LogP) is 4.12. The maximum Gasteiger partial charge on any atom is 0.257 e. The molecule has 0 aliphatic carbocycles. The van der Waals surface area contributed by atoms with Gasteiger partial charge in [-0.05, 0) is 36.2 Å². The van der Waals surface area contributed by atoms with Gasteiger partial charge in [0.15, 0.2) is 0 Å². The van der Waals surface area contributed by atoms with Crippen LogP contribution in [0.4, 0.5) is 5.69 Å². The minimum atomic E-state index is -0.251. The number of benzene rings is 2. The van der Waals surface area contributed by atoms with Crippen LogP contribution in [-0.2, 0) is 6.42 Å². The van der Waals surface area contributed by atoms with Gasteiger partial charge in [0.05, 0.1) is 18.2 Å². The summed E-state index contributed by atoms with van der Waals surface area (Å²) in [6, 6.07) is 13.0. The van der Waals surface area contributed by atoms with Gasteiger partial charge in [-0.15, -0.1) is 0 Å². The van der Waals surface area contributed by atoms with E-state index >= 15 is 0 Å². The van der Waals surface area contributed by atoms with Crippen molar-refractivity contribution in [3.05, 3.63) is 59.8 Å². The van der Waals surface area contributed by atoms with E-state index in [0.29, 0.717) is 22.2 Å². The maximum absolute atomic E-state index is 12.9. The first-order valence-corrected chi connectivity index (χ1v) is 8.14. The Morgan fingerprint density at radius 1 is 1.16 bits per heavy atom. The molecule has 0 atom stereocenters. The molecule has 0 saturated carbocycles. The Labute approximate surface area is 146 Å². The van der Waals surface area contributed by atoms with Gasteiger partial charge in [-0.3, -0.25) is 14.2 Å². The van der Waals surface area contributed by atoms with E-state index in [1.54, 1.807) is 31.5 Å². The summed E-state index contributed by atoms with van der Waals surface area (Å²) in [5.74, 6) is 0.235. The molecule has 2 aromatic carbocycles. The van der Waals surface area contributed by atoms with Crippen LogP contribution in [0, 0.1) is 0 Å². The molecule has 0 fully saturated rings. The second-order valence-electron chi connectivity index (χ2n) is 5.78. The molecule has 1 aromatic heterocycles. The number of aryl methyl sites for hydroxylation is 1. The van der Waals surface area contributed by atoms with Crippen molar-refractivity contribution in [1.29, 1.82) is 0 Å². The molecule has 5 nitrogen and oxygen atoms in total. The van der Waals surface area contributed by atoms with Crippen molar-refractivity contribution in [2.75, 3.05) is 12.4 Å². The molecule has 0 aliphatic heterocycles. The van der Waals surface area contributed by atoms with Crippen LogP contribution in [-0.4, -0.2) is 23.5 Å². The zero-order chi connectivity index (χ0) is 18.0. The third-order valence-electron chi connectivity index (χ3n) is 4.24. The van der Waals surface area contributed by atoms with Gasteiger partial charge in [0.25, 0.3) is 5.91 Å². The molecule has 1 amide bonds. The summed E-state index contributed by atoms with van der Waals surface area (Å²) in [4.78, 5) is 24.8. The van der Waals surface area contributed by atoms with Crippen molar-refractivity contribution in [1.82, 2.24) is 4.57 Å². The summed E-state index contributed by atoms with van der Waals surface area (Å²) in [7, 11) is 1.57. The fourth-order valence-corrected chi connectivity index (χ4v) is 2.92. The Morgan fingerprint density at radius 3 is 2.60 bits per heavy atom. The summed E-state index contributed by atoms with van der Waals surface area (Å²) in [5.41, 5.74) is 2.96. The number of ether oxygens (including phenoxy) is 1. The molecular weight excluding hydrogens is 316 g/mol. The van der Waals surface area contributed by atoms with E-state index in [0.717, 1.165) is 17.7 Å². The maximum atomic E-state index is 12.9. The number of rotatable bonds is 4. The van der Waals surface area contributed by atoms with E-state index in [4.69, 9.17) is 4.74 Å². The lowest BCUT2D eigenvalue weighted by atomic mass is 10.1. The number of aromatic nitrogens is 1. The fraction of sp³-hybridized carbons (Fsp3) is 0.200. The second-order valence-corrected chi connectivity index (χ2v) is 5.78. The summed E-state index contributed by atoms with van der Waals surface area (Å²) in [5, 5.41) is 3.64. The molecule has 1 heterocycles. The largest absolute Gasteiger partial charge is 0.497 e. The third kappa shape index (κ3) is 3.13. The van der Waals surface area contributed by atoms with E-state index in [2.05, 4.69) is 5.32 Å². The van der Waals surface area contributed by atoms with Crippen molar-refractivity contribution >= 4 is 28.4 Å². The highest BCUT2D eigenvalue weighted by Crippen LogP contribution is 2.27. The molecule has 0 radical (unpaired) electrons. The molecule has 0 bridgehead atoms. The Balaban J connectivity index is 2.07. The van der Waals surface area contributed by atoms with Gasteiger partial charge in [-0.25, -0.2) is 0 Å². The van der Waals surface area contributed by atoms with E-state index in [-0.39, 0.29) is 11.8 Å². The van der Waals surface area contributed by atoms with Gasteiger partial charge < -0.3 is 10.1 Å². The highest BCUT2D eigenvalue weighted by Gasteiger charge is 2.18. The van der Waals surface area contributed by atoms with E-state index < -0.39 is 0 Å². The van der Waals surface area contributed by atoms with Gasteiger partial charge >= 0.3 is 0 Å². The molecule has 0 saturated heterocycles. The van der Waals surface area contributed by atoms with Crippen LogP contribution in [0.1, 0.15) is 34.6 Å². The lowest BCUT2D eigenvalue weighted by molar-refractivity contribution is 0.0941. The number of nitrogens with one attached hydrogen (secondary N) is 1. The van der Waals surface area contributed by atoms with E-state index in [1.807, 2.05) is 31.2 Å². The van der Waals surface area contributed by atoms with Crippen molar-refractivity contribution in [3.63, 3.8) is 0 Å². The van der Waals surface area contributed by atoms with Crippen LogP contribution in [0.3, 0.4) is 0 Å². The van der Waals surface area contributed by atoms with Crippen LogP contribution >= 0.6 is 0 Å². The first-order chi connectivity index (χ1) is 12.0. The number of hydrogen-bond acceptors (Lipinski definition) is 3. The van der Waals surface area contributed by atoms with Crippen LogP contribution in [0.2, 0.25) is 0 Å². The van der Waals surface area contributed by atoms with Crippen LogP contribution < -0.4 is 10.1 Å². The quantitative estimate of drug-likeness (QED) is 0.779. The summed E-state index contributed by atoms with van der Waals surface area (Å²) in [6.07, 6.45) is 2.40. The summed E-state index contributed by atoms with van der Waals surface area (Å²) in [6.45, 7) is 3.51. The average Bonchev–Trinajstić information content (AvgIpc) is 3.01. The molecule has 3 aromatic rings. The van der Waals surface area contributed by atoms with E-state index in [9.17, 15) is 9.59 Å². The summed E-state index contributed by atoms with van der Waals surface area (Å²) < 4.78 is 6.74. The lowest BCUT2D eigenvalue weighted by Crippen LogP contribution is -2.13. The van der Waals surface area contributed by atoms with E-state index in [1.165, 1.54) is 11.5 Å². The number of carbonyl (C=O) groups is 2. The number of methoxy groups -OCH3 is 1. The number of amides is 1. The van der Waals surface area contributed by atoms with Gasteiger partial charge in [-0.2, -0.15) is 0 Å². The van der Waals surface area contributed by atoms with Gasteiger partial charge in [0.2, 0.25) is 5.91 Å². The first kappa shape index (κ1) is 16.8. The van der Waals surface area contributed by atoms with Gasteiger partial charge in [0, 0.05) is 24.2 Å². The standard InChI is InChI=1S/C20H20N2O3/c1-4-14-7-5-6-8-18(14)21-20(24)17-12-22(13(2)23)19-10-9-15(25-3)11-16(17)19/h5-12H,4H2,1-3H3,(H,21,24). The minimum Gasteiger partial charge on any atom is -0.497 e. The molecule has 5 heteroatoms. The Morgan fingerprint density at radius 2 is 1.92 bits per heavy atom. The number of fused-ring (bicyclic) bond motifs is 1. The molecule has 0 unspecified atom stereocenters. The molecule has 1 N–H and O–H groups in total. The highest BCUT2D eigenvalue weighted by atomic mass is 16.5. The van der Waals surface area contributed by atoms with Gasteiger partial charge in [-0.1, -0.05) is 25.1 Å². The van der Waals surface area contributed by atoms with Crippen molar-refractivity contribution in [3.8, 4) is 5.75 Å². The number of carbonyl (C=O) groups excluding carboxylic acids is 2. The zero-order valence-corrected chi connectivity index (χ0v) is 14.5. The highest BCUT2D eigenvalue weighted by molar-refractivity contribution is 6.14. The number of nitrogens with zero attached hydrogens (tertiary/aromatic N) is 1. The van der Waals surface area contributed by atoms with Crippen LogP contribution in [0.25, 0.3) is 10.9 Å². The predicted molar refractivity (Wildman–Crippen MR) is 98.6 cm³/mol. The monoisotopic (exact) mass is 336 g/mol. The minimum absolute atomic E-state index is 0.150. The molecular formula is C20H20N2O3. The number of anilines is 1. The molecule has 3 rings (SSSR count). The smallest absolute Gasteiger partial charge is 0.257 e. The first-order valence-electron chi connectivity index (χ1n) is 8.14. The summed E-state index contributed by atoms with van der Waals surface area (Å²) >= 11 is 0. The Hall–Kier alpha value is -3.08. The molecule has 0 spiro atoms. The van der Waals surface area contributed by atoms with Crippen LogP contribution in [0.15, 0.2) is 48.7 Å². The number of para-hydroxylation sites is 1. The zero-order valence-electron chi connectivity index (χ0n) is 14.5. The normalized spacial score (nSPS) is 10.7. The molecule has 128 valence electrons. The average molecular weight is 336 g/mol. The fourth-order valence-electron chi connectivity index (χ4n) is 2.92. The SMILES string of the molecule is CCc1ccccc1NC(=O)c1cn(C(C)=O)c2ccc(OC)cc12. The van der Waals surface area contributed by atoms with Crippen molar-refractivity contribution in [2.45, 2.75) is 20.3 Å². The third-order valence-corrected chi connectivity index (χ3v) is 4.24. The van der Waals surface area contributed by atoms with Crippen LogP contribution in [0.5, 0.6) is 5.75 Å². The molecule has 0 aliphatic rings. The lowest BCUT2D eigenvalue weighted by Gasteiger charge is -2.09. The van der Waals surface area contributed by atoms with Crippen molar-refractivity contribution in [2.24, 2.45) is 0 Å². The van der Waals surface area contributed by atoms with Gasteiger partial charge in [0.1, 0.15) is 5.75 Å². The molecule has 25 heavy (non-hydrogen) atoms. The van der Waals surface area contributed by atoms with Crippen molar-refractivity contribution < 1.29 is 14.3 Å².